The second-order valence-electron chi connectivity index (χ2n) is 9.66. The quantitative estimate of drug-likeness (QED) is 0.268. The lowest BCUT2D eigenvalue weighted by Crippen LogP contribution is -2.23. The van der Waals surface area contributed by atoms with E-state index in [2.05, 4.69) is 50.3 Å². The molecule has 0 saturated heterocycles. The summed E-state index contributed by atoms with van der Waals surface area (Å²) < 4.78 is 6.00. The fraction of sp³-hybridized carbons (Fsp3) is 0.714. The van der Waals surface area contributed by atoms with E-state index in [4.69, 9.17) is 4.74 Å². The third kappa shape index (κ3) is 7.19. The van der Waals surface area contributed by atoms with Crippen molar-refractivity contribution in [3.8, 4) is 5.75 Å². The normalized spacial score (nSPS) is 25.7. The lowest BCUT2D eigenvalue weighted by atomic mass is 9.69. The fourth-order valence-corrected chi connectivity index (χ4v) is 5.56. The molecule has 3 rings (SSSR count). The molecule has 0 aliphatic heterocycles. The Bertz CT molecular complexity index is 579. The average molecular weight is 397 g/mol. The van der Waals surface area contributed by atoms with E-state index in [1.54, 1.807) is 5.56 Å². The van der Waals surface area contributed by atoms with E-state index in [0.29, 0.717) is 0 Å². The molecule has 0 spiro atoms. The molecule has 1 aromatic rings. The van der Waals surface area contributed by atoms with Crippen LogP contribution in [0.1, 0.15) is 109 Å². The Hall–Kier alpha value is -1.24. The molecule has 0 amide bonds. The summed E-state index contributed by atoms with van der Waals surface area (Å²) in [6, 6.07) is 9.24. The van der Waals surface area contributed by atoms with Crippen molar-refractivity contribution in [1.82, 2.24) is 0 Å². The Morgan fingerprint density at radius 1 is 0.862 bits per heavy atom. The van der Waals surface area contributed by atoms with Crippen LogP contribution in [0.4, 0.5) is 0 Å². The summed E-state index contributed by atoms with van der Waals surface area (Å²) in [7, 11) is 0. The van der Waals surface area contributed by atoms with Crippen molar-refractivity contribution >= 4 is 0 Å². The second-order valence-corrected chi connectivity index (χ2v) is 9.66. The molecule has 1 nitrogen and oxygen atoms in total. The maximum atomic E-state index is 6.00. The summed E-state index contributed by atoms with van der Waals surface area (Å²) in [5, 5.41) is 0. The molecule has 1 fully saturated rings. The second kappa shape index (κ2) is 12.5. The molecule has 2 atom stereocenters. The Kier molecular flexibility index (Phi) is 9.64. The Balaban J connectivity index is 1.61. The van der Waals surface area contributed by atoms with Gasteiger partial charge in [-0.2, -0.15) is 0 Å². The van der Waals surface area contributed by atoms with Crippen LogP contribution < -0.4 is 4.74 Å². The van der Waals surface area contributed by atoms with E-state index in [-0.39, 0.29) is 0 Å². The van der Waals surface area contributed by atoms with Gasteiger partial charge in [-0.05, 0) is 86.3 Å². The molecule has 29 heavy (non-hydrogen) atoms. The number of hydrogen-bond donors (Lipinski definition) is 0. The summed E-state index contributed by atoms with van der Waals surface area (Å²) in [6.07, 6.45) is 22.3. The highest BCUT2D eigenvalue weighted by Gasteiger charge is 2.30. The number of unbranched alkanes of at least 4 members (excludes halogenated alkanes) is 3. The molecule has 0 aromatic heterocycles. The van der Waals surface area contributed by atoms with E-state index in [0.717, 1.165) is 36.0 Å². The zero-order chi connectivity index (χ0) is 20.3. The molecule has 1 heteroatoms. The van der Waals surface area contributed by atoms with Gasteiger partial charge < -0.3 is 4.74 Å². The van der Waals surface area contributed by atoms with E-state index in [1.807, 2.05) is 0 Å². The lowest BCUT2D eigenvalue weighted by molar-refractivity contribution is 0.215. The van der Waals surface area contributed by atoms with Crippen molar-refractivity contribution in [2.24, 2.45) is 17.8 Å². The fourth-order valence-electron chi connectivity index (χ4n) is 5.56. The number of benzene rings is 1. The first-order valence-electron chi connectivity index (χ1n) is 12.7. The van der Waals surface area contributed by atoms with Gasteiger partial charge in [0.15, 0.2) is 0 Å². The molecule has 2 aliphatic rings. The minimum atomic E-state index is 0.739. The number of hydrogen-bond acceptors (Lipinski definition) is 1. The van der Waals surface area contributed by atoms with Gasteiger partial charge in [0.25, 0.3) is 0 Å². The van der Waals surface area contributed by atoms with Crippen LogP contribution in [-0.2, 0) is 0 Å². The standard InChI is InChI=1S/C28H44O/c1-3-5-6-10-21-29-27-19-17-26(18-20-27)28(22-24-11-8-7-9-12-24)25-15-13-23(4-2)14-16-25/h7-8,17-20,23-25,28H,3-6,9-16,21-22H2,1-2H3. The first kappa shape index (κ1) is 22.4. The largest absolute Gasteiger partial charge is 0.494 e. The summed E-state index contributed by atoms with van der Waals surface area (Å²) in [6.45, 7) is 5.49. The van der Waals surface area contributed by atoms with Crippen LogP contribution in [0.5, 0.6) is 5.75 Å². The summed E-state index contributed by atoms with van der Waals surface area (Å²) in [4.78, 5) is 0. The Morgan fingerprint density at radius 3 is 2.31 bits per heavy atom. The zero-order valence-corrected chi connectivity index (χ0v) is 19.1. The van der Waals surface area contributed by atoms with Crippen LogP contribution >= 0.6 is 0 Å². The molecule has 0 radical (unpaired) electrons. The highest BCUT2D eigenvalue weighted by molar-refractivity contribution is 5.30. The summed E-state index contributed by atoms with van der Waals surface area (Å²) in [5.41, 5.74) is 1.57. The van der Waals surface area contributed by atoms with Crippen LogP contribution in [0.15, 0.2) is 36.4 Å². The first-order chi connectivity index (χ1) is 14.3. The van der Waals surface area contributed by atoms with E-state index in [1.165, 1.54) is 83.5 Å². The molecule has 0 heterocycles. The van der Waals surface area contributed by atoms with E-state index in [9.17, 15) is 0 Å². The maximum Gasteiger partial charge on any atom is 0.119 e. The molecule has 2 unspecified atom stereocenters. The summed E-state index contributed by atoms with van der Waals surface area (Å²) >= 11 is 0. The Labute approximate surface area is 180 Å². The minimum absolute atomic E-state index is 0.739. The topological polar surface area (TPSA) is 9.23 Å². The number of rotatable bonds is 11. The van der Waals surface area contributed by atoms with Crippen LogP contribution in [-0.4, -0.2) is 6.61 Å². The molecule has 1 saturated carbocycles. The van der Waals surface area contributed by atoms with Crippen molar-refractivity contribution in [2.45, 2.75) is 103 Å². The van der Waals surface area contributed by atoms with Crippen LogP contribution in [0.3, 0.4) is 0 Å². The smallest absolute Gasteiger partial charge is 0.119 e. The van der Waals surface area contributed by atoms with Gasteiger partial charge in [0.1, 0.15) is 5.75 Å². The lowest BCUT2D eigenvalue weighted by Gasteiger charge is -2.36. The molecule has 1 aromatic carbocycles. The van der Waals surface area contributed by atoms with E-state index < -0.39 is 0 Å². The van der Waals surface area contributed by atoms with Crippen molar-refractivity contribution in [1.29, 1.82) is 0 Å². The Morgan fingerprint density at radius 2 is 1.66 bits per heavy atom. The van der Waals surface area contributed by atoms with Gasteiger partial charge in [0, 0.05) is 0 Å². The third-order valence-electron chi connectivity index (χ3n) is 7.58. The first-order valence-corrected chi connectivity index (χ1v) is 12.7. The van der Waals surface area contributed by atoms with Crippen molar-refractivity contribution in [2.75, 3.05) is 6.61 Å². The van der Waals surface area contributed by atoms with Crippen LogP contribution in [0.25, 0.3) is 0 Å². The van der Waals surface area contributed by atoms with Gasteiger partial charge in [-0.3, -0.25) is 0 Å². The summed E-state index contributed by atoms with van der Waals surface area (Å²) in [5.74, 6) is 4.53. The van der Waals surface area contributed by atoms with Crippen LogP contribution in [0.2, 0.25) is 0 Å². The number of allylic oxidation sites excluding steroid dienone is 2. The molecular formula is C28H44O. The van der Waals surface area contributed by atoms with Crippen molar-refractivity contribution < 1.29 is 4.74 Å². The number of ether oxygens (including phenoxy) is 1. The van der Waals surface area contributed by atoms with Crippen molar-refractivity contribution in [3.05, 3.63) is 42.0 Å². The van der Waals surface area contributed by atoms with E-state index >= 15 is 0 Å². The van der Waals surface area contributed by atoms with Gasteiger partial charge in [-0.25, -0.2) is 0 Å². The third-order valence-corrected chi connectivity index (χ3v) is 7.58. The van der Waals surface area contributed by atoms with Crippen LogP contribution in [0, 0.1) is 17.8 Å². The van der Waals surface area contributed by atoms with Gasteiger partial charge in [0.2, 0.25) is 0 Å². The van der Waals surface area contributed by atoms with Gasteiger partial charge >= 0.3 is 0 Å². The van der Waals surface area contributed by atoms with Crippen molar-refractivity contribution in [3.63, 3.8) is 0 Å². The predicted molar refractivity (Wildman–Crippen MR) is 126 cm³/mol. The van der Waals surface area contributed by atoms with Gasteiger partial charge in [-0.15, -0.1) is 0 Å². The highest BCUT2D eigenvalue weighted by Crippen LogP contribution is 2.43. The molecule has 0 bridgehead atoms. The average Bonchev–Trinajstić information content (AvgIpc) is 2.79. The van der Waals surface area contributed by atoms with Gasteiger partial charge in [0.05, 0.1) is 6.61 Å². The molecule has 2 aliphatic carbocycles. The monoisotopic (exact) mass is 396 g/mol. The molecule has 0 N–H and O–H groups in total. The molecule has 162 valence electrons. The SMILES string of the molecule is CCCCCCOc1ccc(C(CC2CC=CCC2)C2CCC(CC)CC2)cc1. The molecular weight excluding hydrogens is 352 g/mol. The zero-order valence-electron chi connectivity index (χ0n) is 19.1. The predicted octanol–water partition coefficient (Wildman–Crippen LogP) is 8.69. The highest BCUT2D eigenvalue weighted by atomic mass is 16.5. The minimum Gasteiger partial charge on any atom is -0.494 e. The van der Waals surface area contributed by atoms with Gasteiger partial charge in [-0.1, -0.05) is 76.7 Å². The maximum absolute atomic E-state index is 6.00.